The molecule has 2 atom stereocenters. The van der Waals surface area contributed by atoms with Gasteiger partial charge in [-0.2, -0.15) is 0 Å². The lowest BCUT2D eigenvalue weighted by molar-refractivity contribution is -0.161. The van der Waals surface area contributed by atoms with E-state index in [1.165, 1.54) is 49.6 Å². The van der Waals surface area contributed by atoms with Crippen LogP contribution in [-0.2, 0) is 33.5 Å². The second-order valence-corrected chi connectivity index (χ2v) is 14.5. The second-order valence-electron chi connectivity index (χ2n) is 12.5. The minimum absolute atomic E-state index is 0.0138. The number of carbonyl (C=O) groups excluding carboxylic acids is 6. The number of anilines is 2. The molecule has 1 aromatic carbocycles. The van der Waals surface area contributed by atoms with E-state index in [2.05, 4.69) is 31.1 Å². The Morgan fingerprint density at radius 1 is 0.983 bits per heavy atom. The number of thioether (sulfide) groups is 1. The van der Waals surface area contributed by atoms with Crippen LogP contribution < -0.4 is 31.2 Å². The summed E-state index contributed by atoms with van der Waals surface area (Å²) in [5.74, 6) is -6.33. The fourth-order valence-corrected chi connectivity index (χ4v) is 6.82. The van der Waals surface area contributed by atoms with Gasteiger partial charge in [-0.25, -0.2) is 14.6 Å². The summed E-state index contributed by atoms with van der Waals surface area (Å²) in [6, 6.07) is 5.32. The van der Waals surface area contributed by atoms with Gasteiger partial charge in [-0.1, -0.05) is 5.16 Å². The Morgan fingerprint density at radius 2 is 1.69 bits per heavy atom. The molecule has 24 heteroatoms. The molecule has 0 radical (unpaired) electrons. The largest absolute Gasteiger partial charge is 0.512 e. The van der Waals surface area contributed by atoms with Gasteiger partial charge in [0.25, 0.3) is 23.6 Å². The number of carboxylic acids is 1. The molecule has 1 fully saturated rings. The van der Waals surface area contributed by atoms with Crippen molar-refractivity contribution >= 4 is 87.3 Å². The topological polar surface area (TPSA) is 317 Å². The summed E-state index contributed by atoms with van der Waals surface area (Å²) < 4.78 is 15.0. The number of β-lactam (4-membered cyclic amide) rings is 1. The van der Waals surface area contributed by atoms with Gasteiger partial charge in [0.2, 0.25) is 11.5 Å². The zero-order chi connectivity index (χ0) is 42.5. The van der Waals surface area contributed by atoms with E-state index in [1.54, 1.807) is 0 Å². The number of nitrogens with two attached hydrogens (primary N) is 1. The number of ether oxygens (including phenoxy) is 3. The van der Waals surface area contributed by atoms with Crippen molar-refractivity contribution in [3.8, 4) is 11.5 Å². The van der Waals surface area contributed by atoms with Crippen LogP contribution >= 0.6 is 23.1 Å². The highest BCUT2D eigenvalue weighted by Crippen LogP contribution is 2.40. The molecule has 0 saturated carbocycles. The van der Waals surface area contributed by atoms with Crippen molar-refractivity contribution in [2.45, 2.75) is 44.7 Å². The number of esters is 2. The van der Waals surface area contributed by atoms with Gasteiger partial charge < -0.3 is 50.9 Å². The molecule has 3 aromatic rings. The third kappa shape index (κ3) is 9.83. The van der Waals surface area contributed by atoms with Crippen LogP contribution in [0.25, 0.3) is 0 Å². The Morgan fingerprint density at radius 3 is 2.29 bits per heavy atom. The van der Waals surface area contributed by atoms with Gasteiger partial charge in [0.15, 0.2) is 22.3 Å². The van der Waals surface area contributed by atoms with Crippen LogP contribution in [0.15, 0.2) is 58.5 Å². The standard InChI is InChI=1S/C34H32N8O14S2/c1-14(43)53-21-8-6-18(9-22(21)54-15(2)44)38-26(46)19-7-5-16(10-36-19)25(45)37-11-17-12-57-30-24(28(48)42(30)29(17)55-33(51)52)40-27(47)23(20-13-58-32(35)39-20)41-56-34(3,4)31(49)50/h5-10,13,24,30H,11-12H2,1-4H3,(H2,35,39)(H,37,45)(H,38,46)(H,40,47)(H,49,50)(H,51,52)/b41-23-/t24?,30-/m0/s1. The average molecular weight is 841 g/mol. The van der Waals surface area contributed by atoms with Crippen molar-refractivity contribution in [2.24, 2.45) is 5.16 Å². The van der Waals surface area contributed by atoms with Crippen molar-refractivity contribution in [1.29, 1.82) is 0 Å². The van der Waals surface area contributed by atoms with Crippen LogP contribution in [0, 0.1) is 0 Å². The molecular weight excluding hydrogens is 809 g/mol. The predicted octanol–water partition coefficient (Wildman–Crippen LogP) is 1.54. The van der Waals surface area contributed by atoms with Crippen LogP contribution in [0.3, 0.4) is 0 Å². The van der Waals surface area contributed by atoms with Gasteiger partial charge in [-0.3, -0.25) is 38.7 Å². The second kappa shape index (κ2) is 17.4. The predicted molar refractivity (Wildman–Crippen MR) is 201 cm³/mol. The monoisotopic (exact) mass is 840 g/mol. The number of amides is 4. The first-order chi connectivity index (χ1) is 27.3. The van der Waals surface area contributed by atoms with Gasteiger partial charge in [0, 0.05) is 55.0 Å². The summed E-state index contributed by atoms with van der Waals surface area (Å²) in [5.41, 5.74) is 3.62. The first-order valence-electron chi connectivity index (χ1n) is 16.5. The van der Waals surface area contributed by atoms with E-state index >= 15 is 0 Å². The highest BCUT2D eigenvalue weighted by molar-refractivity contribution is 8.00. The molecule has 0 spiro atoms. The molecule has 7 N–H and O–H groups in total. The minimum atomic E-state index is -1.84. The zero-order valence-corrected chi connectivity index (χ0v) is 32.2. The highest BCUT2D eigenvalue weighted by atomic mass is 32.2. The molecule has 2 aromatic heterocycles. The Labute approximate surface area is 334 Å². The van der Waals surface area contributed by atoms with E-state index in [0.717, 1.165) is 48.0 Å². The number of thiazole rings is 1. The van der Waals surface area contributed by atoms with E-state index in [9.17, 15) is 48.6 Å². The molecule has 0 bridgehead atoms. The van der Waals surface area contributed by atoms with Gasteiger partial charge in [-0.15, -0.1) is 23.1 Å². The molecule has 304 valence electrons. The molecule has 2 aliphatic heterocycles. The highest BCUT2D eigenvalue weighted by Gasteiger charge is 2.54. The molecule has 2 aliphatic rings. The Kier molecular flexibility index (Phi) is 12.6. The van der Waals surface area contributed by atoms with Gasteiger partial charge in [-0.05, 0) is 38.1 Å². The van der Waals surface area contributed by atoms with Crippen LogP contribution in [0.2, 0.25) is 0 Å². The quantitative estimate of drug-likeness (QED) is 0.0441. The molecule has 22 nitrogen and oxygen atoms in total. The smallest absolute Gasteiger partial charge is 0.478 e. The molecular formula is C34H32N8O14S2. The molecule has 1 saturated heterocycles. The third-order valence-electron chi connectivity index (χ3n) is 7.75. The lowest BCUT2D eigenvalue weighted by atomic mass is 10.1. The molecule has 4 amide bonds. The Balaban J connectivity index is 1.24. The number of hydrogen-bond acceptors (Lipinski definition) is 18. The summed E-state index contributed by atoms with van der Waals surface area (Å²) in [4.78, 5) is 113. The third-order valence-corrected chi connectivity index (χ3v) is 9.77. The number of rotatable bonds is 14. The number of aliphatic carboxylic acids is 1. The summed E-state index contributed by atoms with van der Waals surface area (Å²) >= 11 is 2.09. The normalized spacial score (nSPS) is 16.2. The van der Waals surface area contributed by atoms with E-state index in [-0.39, 0.29) is 63.0 Å². The summed E-state index contributed by atoms with van der Waals surface area (Å²) in [6.07, 6.45) is -0.635. The number of pyridine rings is 1. The van der Waals surface area contributed by atoms with Crippen molar-refractivity contribution < 1.29 is 67.6 Å². The fourth-order valence-electron chi connectivity index (χ4n) is 4.95. The maximum absolute atomic E-state index is 13.4. The summed E-state index contributed by atoms with van der Waals surface area (Å²) in [7, 11) is 0. The fraction of sp³-hybridized carbons (Fsp3) is 0.265. The molecule has 4 heterocycles. The van der Waals surface area contributed by atoms with Gasteiger partial charge >= 0.3 is 24.1 Å². The number of fused-ring (bicyclic) bond motifs is 1. The minimum Gasteiger partial charge on any atom is -0.478 e. The molecule has 5 rings (SSSR count). The first-order valence-corrected chi connectivity index (χ1v) is 18.4. The van der Waals surface area contributed by atoms with Crippen molar-refractivity contribution in [3.63, 3.8) is 0 Å². The van der Waals surface area contributed by atoms with Crippen LogP contribution in [0.4, 0.5) is 15.6 Å². The number of aromatic nitrogens is 2. The van der Waals surface area contributed by atoms with Crippen molar-refractivity contribution in [3.05, 3.63) is 70.3 Å². The summed E-state index contributed by atoms with van der Waals surface area (Å²) in [6.45, 7) is 4.42. The number of benzene rings is 1. The zero-order valence-electron chi connectivity index (χ0n) is 30.6. The number of carbonyl (C=O) groups is 8. The maximum atomic E-state index is 13.4. The summed E-state index contributed by atoms with van der Waals surface area (Å²) in [5, 5.41) is 30.8. The van der Waals surface area contributed by atoms with Gasteiger partial charge in [0.05, 0.1) is 5.56 Å². The van der Waals surface area contributed by atoms with Gasteiger partial charge in [0.1, 0.15) is 22.8 Å². The number of oxime groups is 1. The first kappa shape index (κ1) is 42.1. The lowest BCUT2D eigenvalue weighted by Gasteiger charge is -2.49. The molecule has 1 unspecified atom stereocenters. The van der Waals surface area contributed by atoms with Crippen LogP contribution in [0.5, 0.6) is 11.5 Å². The number of nitrogens with zero attached hydrogens (tertiary/aromatic N) is 4. The Hall–Kier alpha value is -7.08. The SMILES string of the molecule is CC(=O)Oc1ccc(NC(=O)c2ccc(C(=O)NCC3=C(OC(=O)O)N4C(=O)C(NC(=O)/C(=N\OC(C)(C)C(=O)O)c5csc(N)n5)[C@@H]4SC3)cn2)cc1OC(C)=O. The number of hydrogen-bond donors (Lipinski definition) is 6. The van der Waals surface area contributed by atoms with Crippen LogP contribution in [0.1, 0.15) is 54.2 Å². The Bertz CT molecular complexity index is 2270. The number of nitrogens with one attached hydrogen (secondary N) is 3. The van der Waals surface area contributed by atoms with Crippen LogP contribution in [-0.4, -0.2) is 108 Å². The van der Waals surface area contributed by atoms with E-state index in [4.69, 9.17) is 24.8 Å². The molecule has 0 aliphatic carbocycles. The maximum Gasteiger partial charge on any atom is 0.512 e. The van der Waals surface area contributed by atoms with E-state index in [1.807, 2.05) is 0 Å². The number of nitrogen functional groups attached to an aromatic ring is 1. The average Bonchev–Trinajstić information content (AvgIpc) is 3.58. The van der Waals surface area contributed by atoms with Crippen molar-refractivity contribution in [2.75, 3.05) is 23.3 Å². The van der Waals surface area contributed by atoms with Crippen molar-refractivity contribution in [1.82, 2.24) is 25.5 Å². The number of carboxylic acid groups (broad SMARTS) is 2. The molecule has 58 heavy (non-hydrogen) atoms. The lowest BCUT2D eigenvalue weighted by Crippen LogP contribution is -2.70. The van der Waals surface area contributed by atoms with E-state index in [0.29, 0.717) is 0 Å². The van der Waals surface area contributed by atoms with E-state index < -0.39 is 70.4 Å².